The molecule has 5 nitrogen and oxygen atoms in total. The Morgan fingerprint density at radius 1 is 1.41 bits per heavy atom. The largest absolute Gasteiger partial charge is 0.604 e. The number of nitrogens with one attached hydrogen (secondary N) is 1. The minimum Gasteiger partial charge on any atom is -0.604 e. The Morgan fingerprint density at radius 2 is 2.27 bits per heavy atom. The number of nitriles is 1. The fraction of sp³-hybridized carbons (Fsp3) is 0.125. The van der Waals surface area contributed by atoms with E-state index in [1.54, 1.807) is 13.3 Å². The number of benzene rings is 2. The Labute approximate surface area is 131 Å². The number of hydrogen-bond donors (Lipinski definition) is 1. The molecule has 1 aliphatic heterocycles. The van der Waals surface area contributed by atoms with Gasteiger partial charge < -0.3 is 14.6 Å². The molecule has 1 atom stereocenters. The van der Waals surface area contributed by atoms with Crippen molar-refractivity contribution >= 4 is 33.2 Å². The average molecular weight is 311 g/mol. The lowest BCUT2D eigenvalue weighted by molar-refractivity contribution is 0.415. The molecule has 1 unspecified atom stereocenters. The molecular formula is C16H13N3O2S. The second-order valence-electron chi connectivity index (χ2n) is 4.68. The van der Waals surface area contributed by atoms with Crippen LogP contribution in [0.5, 0.6) is 5.75 Å². The highest BCUT2D eigenvalue weighted by molar-refractivity contribution is 8.10. The summed E-state index contributed by atoms with van der Waals surface area (Å²) in [5.74, 6) is 0.798. The van der Waals surface area contributed by atoms with Crippen LogP contribution in [0.2, 0.25) is 0 Å². The second-order valence-corrected chi connectivity index (χ2v) is 6.13. The first-order chi connectivity index (χ1) is 10.7. The molecule has 0 radical (unpaired) electrons. The van der Waals surface area contributed by atoms with Crippen LogP contribution in [-0.2, 0) is 11.2 Å². The lowest BCUT2D eigenvalue weighted by atomic mass is 10.0. The minimum absolute atomic E-state index is 0.218. The summed E-state index contributed by atoms with van der Waals surface area (Å²) in [5, 5.41) is 13.8. The van der Waals surface area contributed by atoms with E-state index < -0.39 is 11.2 Å². The summed E-state index contributed by atoms with van der Waals surface area (Å²) >= 11 is -1.39. The van der Waals surface area contributed by atoms with Crippen LogP contribution >= 0.6 is 0 Å². The molecule has 0 aliphatic carbocycles. The second kappa shape index (κ2) is 6.10. The standard InChI is InChI=1S/C16H13N3O2S/c1-21-13-5-6-15-11(7-13)3-2-4-12(15)8-14-9-18-16(19-10-17)22(14)20/h2-8H,9H2,1H3,(H,18,19). The van der Waals surface area contributed by atoms with Gasteiger partial charge in [0, 0.05) is 0 Å². The summed E-state index contributed by atoms with van der Waals surface area (Å²) in [5.41, 5.74) is 0.975. The van der Waals surface area contributed by atoms with Gasteiger partial charge in [0.05, 0.1) is 24.8 Å². The van der Waals surface area contributed by atoms with Crippen LogP contribution in [0.4, 0.5) is 0 Å². The van der Waals surface area contributed by atoms with Crippen LogP contribution < -0.4 is 10.1 Å². The number of fused-ring (bicyclic) bond motifs is 1. The van der Waals surface area contributed by atoms with Crippen molar-refractivity contribution in [2.45, 2.75) is 0 Å². The van der Waals surface area contributed by atoms with Gasteiger partial charge in [-0.2, -0.15) is 5.26 Å². The lowest BCUT2D eigenvalue weighted by Crippen LogP contribution is -2.19. The summed E-state index contributed by atoms with van der Waals surface area (Å²) in [6.45, 7) is 0.430. The molecule has 1 saturated heterocycles. The number of hydrogen-bond acceptors (Lipinski definition) is 4. The van der Waals surface area contributed by atoms with E-state index in [-0.39, 0.29) is 5.17 Å². The highest BCUT2D eigenvalue weighted by Gasteiger charge is 2.31. The van der Waals surface area contributed by atoms with Gasteiger partial charge in [-0.1, -0.05) is 24.3 Å². The zero-order valence-corrected chi connectivity index (χ0v) is 12.7. The quantitative estimate of drug-likeness (QED) is 0.682. The van der Waals surface area contributed by atoms with Gasteiger partial charge in [0.25, 0.3) is 0 Å². The zero-order valence-electron chi connectivity index (χ0n) is 11.9. The van der Waals surface area contributed by atoms with Gasteiger partial charge in [-0.05, 0) is 34.5 Å². The Bertz CT molecular complexity index is 824. The predicted octanol–water partition coefficient (Wildman–Crippen LogP) is 2.38. The van der Waals surface area contributed by atoms with Crippen LogP contribution in [-0.4, -0.2) is 23.4 Å². The number of methoxy groups -OCH3 is 1. The molecule has 2 aromatic carbocycles. The number of nitrogens with zero attached hydrogens (tertiary/aromatic N) is 2. The summed E-state index contributed by atoms with van der Waals surface area (Å²) in [6.07, 6.45) is 3.54. The monoisotopic (exact) mass is 311 g/mol. The highest BCUT2D eigenvalue weighted by Crippen LogP contribution is 2.27. The van der Waals surface area contributed by atoms with E-state index in [9.17, 15) is 4.55 Å². The summed E-state index contributed by atoms with van der Waals surface area (Å²) in [6, 6.07) is 11.8. The van der Waals surface area contributed by atoms with Gasteiger partial charge >= 0.3 is 5.17 Å². The van der Waals surface area contributed by atoms with Crippen LogP contribution in [0.15, 0.2) is 46.3 Å². The first-order valence-corrected chi connectivity index (χ1v) is 7.77. The first-order valence-electron chi connectivity index (χ1n) is 6.62. The molecule has 2 aromatic rings. The summed E-state index contributed by atoms with van der Waals surface area (Å²) in [4.78, 5) is 4.24. The fourth-order valence-corrected chi connectivity index (χ4v) is 3.37. The third-order valence-corrected chi connectivity index (χ3v) is 4.74. The van der Waals surface area contributed by atoms with Crippen molar-refractivity contribution in [3.63, 3.8) is 0 Å². The van der Waals surface area contributed by atoms with Gasteiger partial charge in [0.1, 0.15) is 5.75 Å². The molecule has 0 amide bonds. The van der Waals surface area contributed by atoms with Crippen LogP contribution in [0.1, 0.15) is 5.56 Å². The predicted molar refractivity (Wildman–Crippen MR) is 87.7 cm³/mol. The number of aliphatic imine (C=N–C) groups is 1. The van der Waals surface area contributed by atoms with E-state index in [2.05, 4.69) is 10.3 Å². The molecule has 110 valence electrons. The third kappa shape index (κ3) is 2.64. The zero-order chi connectivity index (χ0) is 15.5. The van der Waals surface area contributed by atoms with Gasteiger partial charge in [-0.25, -0.2) is 0 Å². The molecule has 22 heavy (non-hydrogen) atoms. The molecular weight excluding hydrogens is 298 g/mol. The Balaban J connectivity index is 2.03. The van der Waals surface area contributed by atoms with E-state index in [1.807, 2.05) is 42.5 Å². The minimum atomic E-state index is -1.39. The maximum atomic E-state index is 12.2. The SMILES string of the molecule is COc1ccc2c(C=C3CNC(=NC#N)[S+]3[O-])cccc2c1. The molecule has 1 aliphatic rings. The normalized spacial score (nSPS) is 21.0. The van der Waals surface area contributed by atoms with Crippen LogP contribution in [0.3, 0.4) is 0 Å². The van der Waals surface area contributed by atoms with Crippen molar-refractivity contribution in [3.05, 3.63) is 46.9 Å². The molecule has 0 spiro atoms. The summed E-state index contributed by atoms with van der Waals surface area (Å²) in [7, 11) is 1.64. The molecule has 1 heterocycles. The molecule has 3 rings (SSSR count). The average Bonchev–Trinajstić information content (AvgIpc) is 2.88. The van der Waals surface area contributed by atoms with Crippen molar-refractivity contribution in [1.29, 1.82) is 5.26 Å². The maximum absolute atomic E-state index is 12.2. The van der Waals surface area contributed by atoms with E-state index in [0.29, 0.717) is 11.4 Å². The van der Waals surface area contributed by atoms with Crippen molar-refractivity contribution < 1.29 is 9.29 Å². The van der Waals surface area contributed by atoms with Crippen molar-refractivity contribution in [2.75, 3.05) is 13.7 Å². The smallest absolute Gasteiger partial charge is 0.333 e. The highest BCUT2D eigenvalue weighted by atomic mass is 32.2. The molecule has 1 N–H and O–H groups in total. The molecule has 1 fully saturated rings. The van der Waals surface area contributed by atoms with Gasteiger partial charge in [-0.3, -0.25) is 0 Å². The van der Waals surface area contributed by atoms with E-state index in [4.69, 9.17) is 10.00 Å². The molecule has 0 saturated carbocycles. The van der Waals surface area contributed by atoms with E-state index >= 15 is 0 Å². The Kier molecular flexibility index (Phi) is 4.00. The van der Waals surface area contributed by atoms with Gasteiger partial charge in [-0.15, -0.1) is 4.99 Å². The maximum Gasteiger partial charge on any atom is 0.333 e. The fourth-order valence-electron chi connectivity index (χ4n) is 2.36. The summed E-state index contributed by atoms with van der Waals surface area (Å²) < 4.78 is 17.4. The topological polar surface area (TPSA) is 80.5 Å². The Hall–Kier alpha value is -2.49. The van der Waals surface area contributed by atoms with Crippen LogP contribution in [0, 0.1) is 11.5 Å². The van der Waals surface area contributed by atoms with Crippen molar-refractivity contribution in [1.82, 2.24) is 5.32 Å². The number of ether oxygens (including phenoxy) is 1. The Morgan fingerprint density at radius 3 is 3.05 bits per heavy atom. The number of rotatable bonds is 2. The number of amidine groups is 1. The lowest BCUT2D eigenvalue weighted by Gasteiger charge is -2.06. The third-order valence-electron chi connectivity index (χ3n) is 3.42. The molecule has 0 aromatic heterocycles. The van der Waals surface area contributed by atoms with Gasteiger partial charge in [0.15, 0.2) is 4.91 Å². The first kappa shape index (κ1) is 14.4. The van der Waals surface area contributed by atoms with Gasteiger partial charge in [0.2, 0.25) is 6.19 Å². The van der Waals surface area contributed by atoms with Crippen molar-refractivity contribution in [2.24, 2.45) is 4.99 Å². The molecule has 0 bridgehead atoms. The van der Waals surface area contributed by atoms with Crippen molar-refractivity contribution in [3.8, 4) is 11.9 Å². The van der Waals surface area contributed by atoms with E-state index in [0.717, 1.165) is 22.1 Å². The van der Waals surface area contributed by atoms with E-state index in [1.165, 1.54) is 0 Å². The molecule has 6 heteroatoms. The van der Waals surface area contributed by atoms with Crippen LogP contribution in [0.25, 0.3) is 16.8 Å².